The first-order valence-corrected chi connectivity index (χ1v) is 9.19. The highest BCUT2D eigenvalue weighted by Crippen LogP contribution is 2.36. The summed E-state index contributed by atoms with van der Waals surface area (Å²) < 4.78 is 4.99. The molecule has 1 amide bonds. The van der Waals surface area contributed by atoms with Gasteiger partial charge < -0.3 is 10.1 Å². The van der Waals surface area contributed by atoms with Crippen molar-refractivity contribution in [1.82, 2.24) is 5.32 Å². The number of carbonyl (C=O) groups excluding carboxylic acids is 2. The number of rotatable bonds is 7. The van der Waals surface area contributed by atoms with Crippen molar-refractivity contribution in [2.75, 3.05) is 6.54 Å². The third-order valence-corrected chi connectivity index (χ3v) is 4.53. The molecule has 0 fully saturated rings. The summed E-state index contributed by atoms with van der Waals surface area (Å²) in [6, 6.07) is 15.1. The quantitative estimate of drug-likeness (QED) is 0.661. The smallest absolute Gasteiger partial charge is 0.325 e. The molecule has 26 heavy (non-hydrogen) atoms. The summed E-state index contributed by atoms with van der Waals surface area (Å²) in [6.07, 6.45) is 2.85. The molecule has 0 radical (unpaired) electrons. The van der Waals surface area contributed by atoms with Gasteiger partial charge in [0.25, 0.3) is 0 Å². The van der Waals surface area contributed by atoms with Crippen molar-refractivity contribution in [2.24, 2.45) is 0 Å². The Balaban J connectivity index is 1.48. The predicted octanol–water partition coefficient (Wildman–Crippen LogP) is 3.65. The van der Waals surface area contributed by atoms with Crippen LogP contribution >= 0.6 is 0 Å². The van der Waals surface area contributed by atoms with Crippen LogP contribution in [0.1, 0.15) is 43.4 Å². The second kappa shape index (κ2) is 8.17. The lowest BCUT2D eigenvalue weighted by Crippen LogP contribution is -2.31. The van der Waals surface area contributed by atoms with Gasteiger partial charge in [-0.25, -0.2) is 0 Å². The Bertz CT molecular complexity index is 811. The summed E-state index contributed by atoms with van der Waals surface area (Å²) >= 11 is 0. The van der Waals surface area contributed by atoms with Crippen molar-refractivity contribution in [3.05, 3.63) is 59.2 Å². The molecule has 0 aromatic heterocycles. The largest absolute Gasteiger partial charge is 0.462 e. The molecule has 0 unspecified atom stereocenters. The van der Waals surface area contributed by atoms with Gasteiger partial charge in [0.2, 0.25) is 5.91 Å². The Hall–Kier alpha value is -2.62. The number of benzene rings is 2. The number of aryl methyl sites for hydroxylation is 1. The normalized spacial score (nSPS) is 11.8. The van der Waals surface area contributed by atoms with Crippen LogP contribution in [0.15, 0.2) is 42.5 Å². The zero-order valence-electron chi connectivity index (χ0n) is 15.4. The zero-order chi connectivity index (χ0) is 18.5. The number of fused-ring (bicyclic) bond motifs is 3. The third kappa shape index (κ3) is 4.51. The first-order valence-electron chi connectivity index (χ1n) is 9.19. The fraction of sp³-hybridized carbons (Fsp3) is 0.364. The van der Waals surface area contributed by atoms with Crippen LogP contribution in [0.5, 0.6) is 0 Å². The molecule has 0 aliphatic heterocycles. The van der Waals surface area contributed by atoms with Crippen LogP contribution in [0, 0.1) is 0 Å². The molecule has 0 heterocycles. The standard InChI is InChI=1S/C22H25NO3/c1-15(2)26-22(25)14-23-21(24)9-5-6-16-10-11-18-13-17-7-3-4-8-19(17)20(18)12-16/h3-4,7-8,10-12,15H,5-6,9,13-14H2,1-2H3,(H,23,24). The van der Waals surface area contributed by atoms with E-state index in [1.54, 1.807) is 13.8 Å². The lowest BCUT2D eigenvalue weighted by Gasteiger charge is -2.09. The van der Waals surface area contributed by atoms with Crippen LogP contribution in [-0.2, 0) is 27.2 Å². The topological polar surface area (TPSA) is 55.4 Å². The van der Waals surface area contributed by atoms with Crippen molar-refractivity contribution in [1.29, 1.82) is 0 Å². The van der Waals surface area contributed by atoms with Gasteiger partial charge in [-0.1, -0.05) is 42.5 Å². The monoisotopic (exact) mass is 351 g/mol. The van der Waals surface area contributed by atoms with Gasteiger partial charge in [0.15, 0.2) is 0 Å². The molecule has 4 heteroatoms. The lowest BCUT2D eigenvalue weighted by molar-refractivity contribution is -0.147. The van der Waals surface area contributed by atoms with Gasteiger partial charge in [-0.3, -0.25) is 9.59 Å². The van der Waals surface area contributed by atoms with E-state index in [2.05, 4.69) is 47.8 Å². The van der Waals surface area contributed by atoms with E-state index in [1.807, 2.05) is 0 Å². The molecule has 2 aromatic carbocycles. The molecule has 0 saturated carbocycles. The van der Waals surface area contributed by atoms with Gasteiger partial charge in [0.1, 0.15) is 6.54 Å². The van der Waals surface area contributed by atoms with Crippen LogP contribution in [0.4, 0.5) is 0 Å². The maximum Gasteiger partial charge on any atom is 0.325 e. The average molecular weight is 351 g/mol. The first kappa shape index (κ1) is 18.2. The Kier molecular flexibility index (Phi) is 5.71. The summed E-state index contributed by atoms with van der Waals surface area (Å²) in [5, 5.41) is 2.62. The summed E-state index contributed by atoms with van der Waals surface area (Å²) in [7, 11) is 0. The summed E-state index contributed by atoms with van der Waals surface area (Å²) in [4.78, 5) is 23.3. The second-order valence-corrected chi connectivity index (χ2v) is 6.99. The lowest BCUT2D eigenvalue weighted by atomic mass is 10.00. The first-order chi connectivity index (χ1) is 12.5. The van der Waals surface area contributed by atoms with Gasteiger partial charge >= 0.3 is 5.97 Å². The summed E-state index contributed by atoms with van der Waals surface area (Å²) in [5.41, 5.74) is 6.64. The molecule has 1 aliphatic carbocycles. The molecule has 136 valence electrons. The van der Waals surface area contributed by atoms with E-state index in [9.17, 15) is 9.59 Å². The highest BCUT2D eigenvalue weighted by Gasteiger charge is 2.17. The maximum absolute atomic E-state index is 11.9. The van der Waals surface area contributed by atoms with Crippen LogP contribution in [-0.4, -0.2) is 24.5 Å². The minimum absolute atomic E-state index is 0.0629. The van der Waals surface area contributed by atoms with Gasteiger partial charge in [-0.2, -0.15) is 0 Å². The highest BCUT2D eigenvalue weighted by atomic mass is 16.5. The van der Waals surface area contributed by atoms with E-state index in [0.29, 0.717) is 6.42 Å². The molecule has 0 bridgehead atoms. The SMILES string of the molecule is CC(C)OC(=O)CNC(=O)CCCc1ccc2c(c1)-c1ccccc1C2. The number of nitrogens with one attached hydrogen (secondary N) is 1. The summed E-state index contributed by atoms with van der Waals surface area (Å²) in [6.45, 7) is 3.51. The maximum atomic E-state index is 11.9. The van der Waals surface area contributed by atoms with Gasteiger partial charge in [-0.05, 0) is 60.9 Å². The molecular formula is C22H25NO3. The molecular weight excluding hydrogens is 326 g/mol. The molecule has 3 rings (SSSR count). The van der Waals surface area contributed by atoms with E-state index < -0.39 is 5.97 Å². The predicted molar refractivity (Wildman–Crippen MR) is 102 cm³/mol. The molecule has 0 saturated heterocycles. The van der Waals surface area contributed by atoms with Crippen molar-refractivity contribution in [3.8, 4) is 11.1 Å². The third-order valence-electron chi connectivity index (χ3n) is 4.53. The van der Waals surface area contributed by atoms with Crippen LogP contribution in [0.2, 0.25) is 0 Å². The molecule has 2 aromatic rings. The number of hydrogen-bond acceptors (Lipinski definition) is 3. The van der Waals surface area contributed by atoms with E-state index in [0.717, 1.165) is 19.3 Å². The molecule has 1 N–H and O–H groups in total. The van der Waals surface area contributed by atoms with E-state index in [4.69, 9.17) is 4.74 Å². The number of hydrogen-bond donors (Lipinski definition) is 1. The van der Waals surface area contributed by atoms with E-state index >= 15 is 0 Å². The minimum Gasteiger partial charge on any atom is -0.462 e. The van der Waals surface area contributed by atoms with Crippen molar-refractivity contribution >= 4 is 11.9 Å². The fourth-order valence-electron chi connectivity index (χ4n) is 3.34. The Labute approximate surface area is 154 Å². The Morgan fingerprint density at radius 3 is 2.65 bits per heavy atom. The van der Waals surface area contributed by atoms with Crippen LogP contribution < -0.4 is 5.32 Å². The average Bonchev–Trinajstić information content (AvgIpc) is 2.97. The molecule has 4 nitrogen and oxygen atoms in total. The number of amides is 1. The van der Waals surface area contributed by atoms with Gasteiger partial charge in [0.05, 0.1) is 6.10 Å². The van der Waals surface area contributed by atoms with Crippen molar-refractivity contribution in [3.63, 3.8) is 0 Å². The molecule has 0 spiro atoms. The van der Waals surface area contributed by atoms with E-state index in [-0.39, 0.29) is 18.6 Å². The summed E-state index contributed by atoms with van der Waals surface area (Å²) in [5.74, 6) is -0.511. The Morgan fingerprint density at radius 2 is 1.85 bits per heavy atom. The number of carbonyl (C=O) groups is 2. The minimum atomic E-state index is -0.398. The zero-order valence-corrected chi connectivity index (χ0v) is 15.4. The molecule has 0 atom stereocenters. The molecule has 1 aliphatic rings. The van der Waals surface area contributed by atoms with Crippen LogP contribution in [0.3, 0.4) is 0 Å². The van der Waals surface area contributed by atoms with Gasteiger partial charge in [0, 0.05) is 6.42 Å². The van der Waals surface area contributed by atoms with Crippen molar-refractivity contribution in [2.45, 2.75) is 45.6 Å². The van der Waals surface area contributed by atoms with E-state index in [1.165, 1.54) is 27.8 Å². The Morgan fingerprint density at radius 1 is 1.08 bits per heavy atom. The van der Waals surface area contributed by atoms with Crippen molar-refractivity contribution < 1.29 is 14.3 Å². The second-order valence-electron chi connectivity index (χ2n) is 6.99. The number of esters is 1. The van der Waals surface area contributed by atoms with Gasteiger partial charge in [-0.15, -0.1) is 0 Å². The number of ether oxygens (including phenoxy) is 1. The fourth-order valence-corrected chi connectivity index (χ4v) is 3.34. The van der Waals surface area contributed by atoms with Crippen LogP contribution in [0.25, 0.3) is 11.1 Å². The highest BCUT2D eigenvalue weighted by molar-refractivity contribution is 5.82.